The summed E-state index contributed by atoms with van der Waals surface area (Å²) in [6.45, 7) is 4.59. The van der Waals surface area contributed by atoms with Crippen molar-refractivity contribution < 1.29 is 13.9 Å². The van der Waals surface area contributed by atoms with Gasteiger partial charge in [0.05, 0.1) is 18.3 Å². The number of fused-ring (bicyclic) bond motifs is 1. The number of benzene rings is 2. The van der Waals surface area contributed by atoms with Gasteiger partial charge in [-0.05, 0) is 35.0 Å². The van der Waals surface area contributed by atoms with Gasteiger partial charge in [0.25, 0.3) is 0 Å². The highest BCUT2D eigenvalue weighted by Gasteiger charge is 2.22. The van der Waals surface area contributed by atoms with Gasteiger partial charge in [-0.3, -0.25) is 5.43 Å². The van der Waals surface area contributed by atoms with Gasteiger partial charge in [0.1, 0.15) is 18.2 Å². The monoisotopic (exact) mass is 440 g/mol. The van der Waals surface area contributed by atoms with Crippen molar-refractivity contribution in [3.05, 3.63) is 69.4 Å². The van der Waals surface area contributed by atoms with Gasteiger partial charge in [0, 0.05) is 37.1 Å². The Kier molecular flexibility index (Phi) is 6.20. The number of tetrazole rings is 1. The molecule has 0 radical (unpaired) electrons. The number of nitrogens with zero attached hydrogens (tertiary/aromatic N) is 5. The van der Waals surface area contributed by atoms with E-state index in [1.165, 1.54) is 21.5 Å². The largest absolute Gasteiger partial charge is 0.493 e. The van der Waals surface area contributed by atoms with Crippen LogP contribution in [0.1, 0.15) is 42.5 Å². The third-order valence-electron chi connectivity index (χ3n) is 5.38. The minimum absolute atomic E-state index is 0.100. The van der Waals surface area contributed by atoms with E-state index < -0.39 is 0 Å². The minimum atomic E-state index is -0.336. The summed E-state index contributed by atoms with van der Waals surface area (Å²) in [7, 11) is 1.55. The fourth-order valence-corrected chi connectivity index (χ4v) is 3.55. The summed E-state index contributed by atoms with van der Waals surface area (Å²) in [5.74, 6) is 0.712. The maximum Gasteiger partial charge on any atom is 0.368 e. The minimum Gasteiger partial charge on any atom is -0.493 e. The maximum absolute atomic E-state index is 13.5. The van der Waals surface area contributed by atoms with Gasteiger partial charge < -0.3 is 9.47 Å². The molecular formula is C22H25FN6O3. The average Bonchev–Trinajstić information content (AvgIpc) is 3.12. The second-order valence-corrected chi connectivity index (χ2v) is 7.52. The molecular weight excluding hydrogens is 415 g/mol. The van der Waals surface area contributed by atoms with E-state index in [-0.39, 0.29) is 24.2 Å². The number of nitrogens with one attached hydrogen (secondary N) is 1. The van der Waals surface area contributed by atoms with Crippen LogP contribution in [0.3, 0.4) is 0 Å². The highest BCUT2D eigenvalue weighted by atomic mass is 19.1. The Balaban J connectivity index is 1.51. The highest BCUT2D eigenvalue weighted by Crippen LogP contribution is 2.32. The summed E-state index contributed by atoms with van der Waals surface area (Å²) in [5, 5.41) is 12.2. The number of aromatic nitrogens is 4. The van der Waals surface area contributed by atoms with Crippen molar-refractivity contribution in [1.29, 1.82) is 0 Å². The first kappa shape index (κ1) is 21.5. The summed E-state index contributed by atoms with van der Waals surface area (Å²) in [6, 6.07) is 10.0. The molecule has 4 rings (SSSR count). The van der Waals surface area contributed by atoms with E-state index in [0.29, 0.717) is 36.8 Å². The predicted octanol–water partition coefficient (Wildman–Crippen LogP) is 2.77. The van der Waals surface area contributed by atoms with Crippen LogP contribution in [0.25, 0.3) is 5.69 Å². The molecule has 1 aliphatic rings. The second kappa shape index (κ2) is 9.21. The number of ether oxygens (including phenoxy) is 2. The zero-order valence-corrected chi connectivity index (χ0v) is 18.2. The van der Waals surface area contributed by atoms with Crippen molar-refractivity contribution in [2.75, 3.05) is 6.61 Å². The molecule has 32 heavy (non-hydrogen) atoms. The van der Waals surface area contributed by atoms with Crippen molar-refractivity contribution in [3.8, 4) is 11.4 Å². The van der Waals surface area contributed by atoms with Crippen molar-refractivity contribution in [2.24, 2.45) is 12.1 Å². The van der Waals surface area contributed by atoms with Gasteiger partial charge in [-0.15, -0.1) is 5.10 Å². The molecule has 1 unspecified atom stereocenters. The second-order valence-electron chi connectivity index (χ2n) is 7.52. The van der Waals surface area contributed by atoms with E-state index in [1.54, 1.807) is 19.2 Å². The quantitative estimate of drug-likeness (QED) is 0.360. The number of hydrazone groups is 1. The van der Waals surface area contributed by atoms with Gasteiger partial charge in [0.2, 0.25) is 5.90 Å². The molecule has 3 aromatic rings. The smallest absolute Gasteiger partial charge is 0.368 e. The fraction of sp³-hybridized carbons (Fsp3) is 0.364. The van der Waals surface area contributed by atoms with Gasteiger partial charge >= 0.3 is 5.69 Å². The van der Waals surface area contributed by atoms with Crippen LogP contribution in [-0.2, 0) is 18.4 Å². The van der Waals surface area contributed by atoms with E-state index in [0.717, 1.165) is 16.7 Å². The fourth-order valence-electron chi connectivity index (χ4n) is 3.55. The molecule has 0 aliphatic carbocycles. The van der Waals surface area contributed by atoms with Gasteiger partial charge in [-0.1, -0.05) is 25.1 Å². The van der Waals surface area contributed by atoms with Crippen molar-refractivity contribution in [1.82, 2.24) is 25.2 Å². The lowest BCUT2D eigenvalue weighted by Gasteiger charge is -2.25. The molecule has 10 heteroatoms. The number of aryl methyl sites for hydroxylation is 2. The lowest BCUT2D eigenvalue weighted by molar-refractivity contribution is 0.247. The van der Waals surface area contributed by atoms with Crippen LogP contribution >= 0.6 is 0 Å². The van der Waals surface area contributed by atoms with E-state index in [1.807, 2.05) is 26.0 Å². The number of rotatable bonds is 6. The Hall–Kier alpha value is -3.69. The van der Waals surface area contributed by atoms with Crippen molar-refractivity contribution in [3.63, 3.8) is 0 Å². The Labute approximate surface area is 184 Å². The molecule has 9 nitrogen and oxygen atoms in total. The molecule has 1 atom stereocenters. The summed E-state index contributed by atoms with van der Waals surface area (Å²) < 4.78 is 27.5. The molecule has 2 aromatic carbocycles. The first-order chi connectivity index (χ1) is 15.5. The molecule has 2 heterocycles. The molecule has 0 fully saturated rings. The third-order valence-corrected chi connectivity index (χ3v) is 5.38. The molecule has 0 amide bonds. The van der Waals surface area contributed by atoms with Gasteiger partial charge in [0.15, 0.2) is 0 Å². The topological polar surface area (TPSA) is 95.6 Å². The molecule has 0 saturated heterocycles. The number of hydrogen-bond acceptors (Lipinski definition) is 7. The first-order valence-corrected chi connectivity index (χ1v) is 10.4. The van der Waals surface area contributed by atoms with Crippen LogP contribution < -0.4 is 15.9 Å². The summed E-state index contributed by atoms with van der Waals surface area (Å²) in [4.78, 5) is 12.3. The van der Waals surface area contributed by atoms with Crippen LogP contribution in [0.2, 0.25) is 0 Å². The predicted molar refractivity (Wildman–Crippen MR) is 116 cm³/mol. The molecule has 1 aliphatic heterocycles. The van der Waals surface area contributed by atoms with Crippen molar-refractivity contribution >= 4 is 5.90 Å². The zero-order chi connectivity index (χ0) is 22.7. The van der Waals surface area contributed by atoms with E-state index >= 15 is 0 Å². The van der Waals surface area contributed by atoms with Crippen LogP contribution in [0.5, 0.6) is 5.75 Å². The Bertz CT molecular complexity index is 1200. The first-order valence-electron chi connectivity index (χ1n) is 10.4. The maximum atomic E-state index is 13.5. The molecule has 0 saturated carbocycles. The zero-order valence-electron chi connectivity index (χ0n) is 18.2. The third kappa shape index (κ3) is 4.34. The van der Waals surface area contributed by atoms with E-state index in [9.17, 15) is 9.18 Å². The van der Waals surface area contributed by atoms with Gasteiger partial charge in [-0.2, -0.15) is 9.36 Å². The van der Waals surface area contributed by atoms with E-state index in [2.05, 4.69) is 21.0 Å². The molecule has 168 valence electrons. The molecule has 0 spiro atoms. The Morgan fingerprint density at radius 1 is 1.34 bits per heavy atom. The number of hydrogen-bond donors (Lipinski definition) is 1. The molecule has 0 bridgehead atoms. The molecule has 1 N–H and O–H groups in total. The normalized spacial score (nSPS) is 15.8. The summed E-state index contributed by atoms with van der Waals surface area (Å²) in [5.41, 5.74) is 6.06. The summed E-state index contributed by atoms with van der Waals surface area (Å²) >= 11 is 0. The lowest BCUT2D eigenvalue weighted by Crippen LogP contribution is -2.25. The Morgan fingerprint density at radius 2 is 2.19 bits per heavy atom. The van der Waals surface area contributed by atoms with Crippen LogP contribution in [0.15, 0.2) is 46.3 Å². The SMILES string of the molecule is CC/C(=N\NC1CCOc2cc(F)ccc21)OCc1c(C)cccc1-n1nnn(C)c1=O. The number of halogens is 1. The average molecular weight is 440 g/mol. The standard InChI is InChI=1S/C22H25FN6O3/c1-4-21(25-24-18-10-11-31-20-12-15(23)8-9-16(18)20)32-13-17-14(2)6-5-7-19(17)29-22(30)28(3)26-27-29/h5-9,12,18,24H,4,10-11,13H2,1-3H3/b25-21+. The van der Waals surface area contributed by atoms with Crippen molar-refractivity contribution in [2.45, 2.75) is 39.3 Å². The van der Waals surface area contributed by atoms with Gasteiger partial charge in [-0.25, -0.2) is 9.18 Å². The lowest BCUT2D eigenvalue weighted by atomic mass is 10.0. The van der Waals surface area contributed by atoms with Crippen LogP contribution in [0.4, 0.5) is 4.39 Å². The van der Waals surface area contributed by atoms with E-state index in [4.69, 9.17) is 9.47 Å². The van der Waals surface area contributed by atoms with Crippen LogP contribution in [-0.4, -0.2) is 32.3 Å². The molecule has 1 aromatic heterocycles. The Morgan fingerprint density at radius 3 is 2.94 bits per heavy atom. The highest BCUT2D eigenvalue weighted by molar-refractivity contribution is 5.75. The van der Waals surface area contributed by atoms with Crippen LogP contribution in [0, 0.1) is 12.7 Å². The summed E-state index contributed by atoms with van der Waals surface area (Å²) in [6.07, 6.45) is 1.27.